The highest BCUT2D eigenvalue weighted by molar-refractivity contribution is 7.99. The second-order valence-electron chi connectivity index (χ2n) is 5.81. The summed E-state index contributed by atoms with van der Waals surface area (Å²) in [5.41, 5.74) is -0.345. The summed E-state index contributed by atoms with van der Waals surface area (Å²) in [4.78, 5) is 25.1. The number of carbonyl (C=O) groups excluding carboxylic acids is 2. The minimum atomic E-state index is -0.808. The fourth-order valence-electron chi connectivity index (χ4n) is 2.85. The van der Waals surface area contributed by atoms with Crippen LogP contribution in [0.4, 0.5) is 0 Å². The average Bonchev–Trinajstić information content (AvgIpc) is 2.61. The number of nitriles is 1. The summed E-state index contributed by atoms with van der Waals surface area (Å²) in [6.45, 7) is 1.64. The van der Waals surface area contributed by atoms with Crippen molar-refractivity contribution in [3.8, 4) is 6.07 Å². The van der Waals surface area contributed by atoms with E-state index in [9.17, 15) is 14.9 Å². The third-order valence-corrected chi connectivity index (χ3v) is 5.00. The molecule has 0 spiro atoms. The first-order valence-corrected chi connectivity index (χ1v) is 9.20. The fourth-order valence-corrected chi connectivity index (χ4v) is 3.64. The van der Waals surface area contributed by atoms with Crippen LogP contribution in [0, 0.1) is 11.3 Å². The Morgan fingerprint density at radius 3 is 2.67 bits per heavy atom. The van der Waals surface area contributed by atoms with E-state index in [0.717, 1.165) is 29.9 Å². The zero-order valence-corrected chi connectivity index (χ0v) is 14.7. The Kier molecular flexibility index (Phi) is 6.68. The number of rotatable bonds is 6. The van der Waals surface area contributed by atoms with Crippen LogP contribution in [-0.4, -0.2) is 29.8 Å². The van der Waals surface area contributed by atoms with Gasteiger partial charge in [0.1, 0.15) is 5.54 Å². The predicted molar refractivity (Wildman–Crippen MR) is 92.7 cm³/mol. The van der Waals surface area contributed by atoms with Crippen LogP contribution in [0.5, 0.6) is 0 Å². The van der Waals surface area contributed by atoms with E-state index in [1.165, 1.54) is 0 Å². The molecule has 1 aromatic carbocycles. The molecule has 1 aliphatic carbocycles. The molecular formula is C18H22N2O3S. The van der Waals surface area contributed by atoms with Gasteiger partial charge in [0.2, 0.25) is 0 Å². The second kappa shape index (κ2) is 8.74. The maximum Gasteiger partial charge on any atom is 0.339 e. The number of thioether (sulfide) groups is 1. The molecule has 0 unspecified atom stereocenters. The van der Waals surface area contributed by atoms with Gasteiger partial charge in [-0.05, 0) is 30.7 Å². The normalized spacial score (nSPS) is 16.0. The summed E-state index contributed by atoms with van der Waals surface area (Å²) in [6.07, 6.45) is 4.24. The lowest BCUT2D eigenvalue weighted by atomic mass is 9.83. The van der Waals surface area contributed by atoms with Gasteiger partial charge < -0.3 is 10.1 Å². The van der Waals surface area contributed by atoms with Gasteiger partial charge >= 0.3 is 5.97 Å². The van der Waals surface area contributed by atoms with Crippen molar-refractivity contribution in [2.45, 2.75) is 49.5 Å². The van der Waals surface area contributed by atoms with E-state index in [0.29, 0.717) is 18.4 Å². The van der Waals surface area contributed by atoms with Crippen LogP contribution in [0.15, 0.2) is 29.2 Å². The van der Waals surface area contributed by atoms with Gasteiger partial charge in [-0.1, -0.05) is 38.3 Å². The van der Waals surface area contributed by atoms with Crippen molar-refractivity contribution in [1.82, 2.24) is 5.32 Å². The van der Waals surface area contributed by atoms with Gasteiger partial charge in [-0.15, -0.1) is 11.8 Å². The van der Waals surface area contributed by atoms with Gasteiger partial charge in [0, 0.05) is 4.90 Å². The van der Waals surface area contributed by atoms with Crippen molar-refractivity contribution in [3.05, 3.63) is 29.8 Å². The van der Waals surface area contributed by atoms with Crippen molar-refractivity contribution in [2.75, 3.05) is 12.4 Å². The van der Waals surface area contributed by atoms with Gasteiger partial charge in [-0.3, -0.25) is 4.79 Å². The molecule has 0 atom stereocenters. The van der Waals surface area contributed by atoms with Gasteiger partial charge in [0.05, 0.1) is 11.6 Å². The molecule has 0 heterocycles. The number of hydrogen-bond acceptors (Lipinski definition) is 5. The molecule has 1 fully saturated rings. The standard InChI is InChI=1S/C18H22N2O3S/c1-2-24-15-9-5-4-8-14(15)17(22)23-12-16(21)20-18(13-19)10-6-3-7-11-18/h4-5,8-9H,2-3,6-7,10-12H2,1H3,(H,20,21). The summed E-state index contributed by atoms with van der Waals surface area (Å²) in [6, 6.07) is 9.40. The zero-order chi connectivity index (χ0) is 17.4. The smallest absolute Gasteiger partial charge is 0.339 e. The van der Waals surface area contributed by atoms with Crippen LogP contribution in [-0.2, 0) is 9.53 Å². The molecular weight excluding hydrogens is 324 g/mol. The molecule has 1 aromatic rings. The highest BCUT2D eigenvalue weighted by Crippen LogP contribution is 2.27. The van der Waals surface area contributed by atoms with Crippen molar-refractivity contribution in [1.29, 1.82) is 5.26 Å². The summed E-state index contributed by atoms with van der Waals surface area (Å²) in [5, 5.41) is 12.1. The lowest BCUT2D eigenvalue weighted by Gasteiger charge is -2.31. The molecule has 1 N–H and O–H groups in total. The lowest BCUT2D eigenvalue weighted by Crippen LogP contribution is -2.50. The van der Waals surface area contributed by atoms with E-state index in [1.807, 2.05) is 19.1 Å². The Balaban J connectivity index is 1.92. The second-order valence-corrected chi connectivity index (χ2v) is 7.11. The largest absolute Gasteiger partial charge is 0.452 e. The first-order valence-electron chi connectivity index (χ1n) is 8.21. The molecule has 0 radical (unpaired) electrons. The molecule has 0 saturated heterocycles. The molecule has 0 aromatic heterocycles. The van der Waals surface area contributed by atoms with Gasteiger partial charge in [-0.25, -0.2) is 4.79 Å². The topological polar surface area (TPSA) is 79.2 Å². The molecule has 0 bridgehead atoms. The number of ether oxygens (including phenoxy) is 1. The molecule has 5 nitrogen and oxygen atoms in total. The number of amides is 1. The van der Waals surface area contributed by atoms with Crippen LogP contribution < -0.4 is 5.32 Å². The minimum absolute atomic E-state index is 0.368. The number of nitrogens with one attached hydrogen (secondary N) is 1. The Morgan fingerprint density at radius 1 is 1.29 bits per heavy atom. The van der Waals surface area contributed by atoms with Crippen LogP contribution in [0.1, 0.15) is 49.4 Å². The lowest BCUT2D eigenvalue weighted by molar-refractivity contribution is -0.125. The van der Waals surface area contributed by atoms with E-state index < -0.39 is 17.4 Å². The maximum absolute atomic E-state index is 12.2. The number of benzene rings is 1. The van der Waals surface area contributed by atoms with Gasteiger partial charge in [-0.2, -0.15) is 5.26 Å². The SMILES string of the molecule is CCSc1ccccc1C(=O)OCC(=O)NC1(C#N)CCCCC1. The molecule has 1 saturated carbocycles. The van der Waals surface area contributed by atoms with E-state index in [4.69, 9.17) is 4.74 Å². The van der Waals surface area contributed by atoms with E-state index in [-0.39, 0.29) is 6.61 Å². The molecule has 0 aliphatic heterocycles. The maximum atomic E-state index is 12.2. The van der Waals surface area contributed by atoms with Gasteiger partial charge in [0.25, 0.3) is 5.91 Å². The van der Waals surface area contributed by atoms with Crippen molar-refractivity contribution in [3.63, 3.8) is 0 Å². The third kappa shape index (κ3) is 4.75. The Morgan fingerprint density at radius 2 is 2.00 bits per heavy atom. The first kappa shape index (κ1) is 18.3. The summed E-state index contributed by atoms with van der Waals surface area (Å²) < 4.78 is 5.13. The van der Waals surface area contributed by atoms with E-state index in [1.54, 1.807) is 23.9 Å². The quantitative estimate of drug-likeness (QED) is 0.631. The minimum Gasteiger partial charge on any atom is -0.452 e. The third-order valence-electron chi connectivity index (χ3n) is 4.04. The Hall–Kier alpha value is -2.00. The zero-order valence-electron chi connectivity index (χ0n) is 13.8. The molecule has 2 rings (SSSR count). The Bertz CT molecular complexity index is 633. The first-order chi connectivity index (χ1) is 11.6. The summed E-state index contributed by atoms with van der Waals surface area (Å²) in [5.74, 6) is -0.0982. The molecule has 1 aliphatic rings. The van der Waals surface area contributed by atoms with Crippen molar-refractivity contribution >= 4 is 23.6 Å². The van der Waals surface area contributed by atoms with Crippen LogP contribution in [0.25, 0.3) is 0 Å². The monoisotopic (exact) mass is 346 g/mol. The molecule has 24 heavy (non-hydrogen) atoms. The van der Waals surface area contributed by atoms with Crippen molar-refractivity contribution in [2.24, 2.45) is 0 Å². The Labute approximate surface area is 146 Å². The van der Waals surface area contributed by atoms with Crippen LogP contribution in [0.3, 0.4) is 0 Å². The molecule has 1 amide bonds. The number of esters is 1. The number of carbonyl (C=O) groups is 2. The highest BCUT2D eigenvalue weighted by atomic mass is 32.2. The van der Waals surface area contributed by atoms with Crippen LogP contribution in [0.2, 0.25) is 0 Å². The van der Waals surface area contributed by atoms with Crippen LogP contribution >= 0.6 is 11.8 Å². The number of hydrogen-bond donors (Lipinski definition) is 1. The van der Waals surface area contributed by atoms with Gasteiger partial charge in [0.15, 0.2) is 6.61 Å². The van der Waals surface area contributed by atoms with E-state index >= 15 is 0 Å². The summed E-state index contributed by atoms with van der Waals surface area (Å²) in [7, 11) is 0. The number of nitrogens with zero attached hydrogens (tertiary/aromatic N) is 1. The summed E-state index contributed by atoms with van der Waals surface area (Å²) >= 11 is 1.55. The molecule has 6 heteroatoms. The molecule has 128 valence electrons. The average molecular weight is 346 g/mol. The highest BCUT2D eigenvalue weighted by Gasteiger charge is 2.33. The fraction of sp³-hybridized carbons (Fsp3) is 0.500. The predicted octanol–water partition coefficient (Wildman–Crippen LogP) is 3.30. The van der Waals surface area contributed by atoms with Crippen molar-refractivity contribution < 1.29 is 14.3 Å². The van der Waals surface area contributed by atoms with E-state index in [2.05, 4.69) is 11.4 Å².